The molecule has 0 spiro atoms. The number of nitrogens with zero attached hydrogens (tertiary/aromatic N) is 1. The van der Waals surface area contributed by atoms with Crippen molar-refractivity contribution in [1.82, 2.24) is 0 Å². The maximum atomic E-state index is 5.62. The highest BCUT2D eigenvalue weighted by molar-refractivity contribution is 7.80. The van der Waals surface area contributed by atoms with Gasteiger partial charge >= 0.3 is 0 Å². The van der Waals surface area contributed by atoms with E-state index in [0.717, 1.165) is 18.7 Å². The number of benzene rings is 2. The van der Waals surface area contributed by atoms with E-state index in [0.29, 0.717) is 4.99 Å². The summed E-state index contributed by atoms with van der Waals surface area (Å²) in [5.41, 5.74) is 10.3. The van der Waals surface area contributed by atoms with Crippen LogP contribution in [0.3, 0.4) is 0 Å². The zero-order valence-corrected chi connectivity index (χ0v) is 12.8. The van der Waals surface area contributed by atoms with Crippen LogP contribution in [0.15, 0.2) is 48.5 Å². The number of aryl methyl sites for hydroxylation is 1. The summed E-state index contributed by atoms with van der Waals surface area (Å²) in [6.45, 7) is 6.15. The first-order chi connectivity index (χ1) is 9.60. The molecule has 0 radical (unpaired) electrons. The molecule has 0 unspecified atom stereocenters. The number of hydrogen-bond acceptors (Lipinski definition) is 2. The van der Waals surface area contributed by atoms with Crippen LogP contribution in [-0.4, -0.2) is 11.5 Å². The third kappa shape index (κ3) is 3.58. The maximum absolute atomic E-state index is 5.62. The summed E-state index contributed by atoms with van der Waals surface area (Å²) in [5.74, 6) is 0. The van der Waals surface area contributed by atoms with Crippen molar-refractivity contribution in [2.75, 3.05) is 11.4 Å². The zero-order valence-electron chi connectivity index (χ0n) is 12.0. The predicted molar refractivity (Wildman–Crippen MR) is 90.2 cm³/mol. The predicted octanol–water partition coefficient (Wildman–Crippen LogP) is 3.66. The molecule has 0 aliphatic rings. The van der Waals surface area contributed by atoms with Crippen molar-refractivity contribution in [2.45, 2.75) is 20.4 Å². The molecule has 0 aliphatic heterocycles. The number of thiocarbonyl (C=S) groups is 1. The fraction of sp³-hybridized carbons (Fsp3) is 0.235. The highest BCUT2D eigenvalue weighted by atomic mass is 32.1. The van der Waals surface area contributed by atoms with Crippen molar-refractivity contribution in [3.63, 3.8) is 0 Å². The van der Waals surface area contributed by atoms with Gasteiger partial charge in [-0.25, -0.2) is 0 Å². The molecule has 0 saturated heterocycles. The van der Waals surface area contributed by atoms with Gasteiger partial charge in [-0.2, -0.15) is 0 Å². The summed E-state index contributed by atoms with van der Waals surface area (Å²) < 4.78 is 0. The van der Waals surface area contributed by atoms with E-state index in [1.165, 1.54) is 16.8 Å². The van der Waals surface area contributed by atoms with Crippen LogP contribution in [0.5, 0.6) is 0 Å². The van der Waals surface area contributed by atoms with E-state index >= 15 is 0 Å². The largest absolute Gasteiger partial charge is 0.389 e. The lowest BCUT2D eigenvalue weighted by atomic mass is 10.1. The average molecular weight is 284 g/mol. The Morgan fingerprint density at radius 1 is 1.15 bits per heavy atom. The van der Waals surface area contributed by atoms with Gasteiger partial charge in [0, 0.05) is 24.3 Å². The van der Waals surface area contributed by atoms with Crippen LogP contribution in [0.25, 0.3) is 0 Å². The Morgan fingerprint density at radius 3 is 2.40 bits per heavy atom. The molecule has 104 valence electrons. The smallest absolute Gasteiger partial charge is 0.103 e. The molecule has 20 heavy (non-hydrogen) atoms. The molecule has 2 nitrogen and oxygen atoms in total. The van der Waals surface area contributed by atoms with Crippen LogP contribution >= 0.6 is 12.2 Å². The minimum absolute atomic E-state index is 0.447. The second kappa shape index (κ2) is 6.53. The van der Waals surface area contributed by atoms with Gasteiger partial charge in [-0.1, -0.05) is 48.6 Å². The van der Waals surface area contributed by atoms with Crippen LogP contribution in [0.4, 0.5) is 5.69 Å². The first-order valence-electron chi connectivity index (χ1n) is 6.80. The van der Waals surface area contributed by atoms with Crippen molar-refractivity contribution in [2.24, 2.45) is 5.73 Å². The van der Waals surface area contributed by atoms with E-state index in [1.54, 1.807) is 0 Å². The quantitative estimate of drug-likeness (QED) is 0.850. The van der Waals surface area contributed by atoms with Crippen molar-refractivity contribution >= 4 is 22.9 Å². The number of rotatable bonds is 5. The Hall–Kier alpha value is -1.87. The summed E-state index contributed by atoms with van der Waals surface area (Å²) in [6, 6.07) is 16.7. The van der Waals surface area contributed by atoms with E-state index in [-0.39, 0.29) is 0 Å². The Bertz CT molecular complexity index is 590. The molecule has 0 saturated carbocycles. The summed E-state index contributed by atoms with van der Waals surface area (Å²) in [5, 5.41) is 0. The van der Waals surface area contributed by atoms with Gasteiger partial charge in [0.1, 0.15) is 4.99 Å². The molecule has 2 aromatic rings. The normalized spacial score (nSPS) is 10.3. The fourth-order valence-corrected chi connectivity index (χ4v) is 2.34. The van der Waals surface area contributed by atoms with Crippen molar-refractivity contribution < 1.29 is 0 Å². The summed E-state index contributed by atoms with van der Waals surface area (Å²) in [6.07, 6.45) is 0. The first-order valence-corrected chi connectivity index (χ1v) is 7.21. The average Bonchev–Trinajstić information content (AvgIpc) is 2.45. The third-order valence-corrected chi connectivity index (χ3v) is 3.60. The van der Waals surface area contributed by atoms with Crippen molar-refractivity contribution in [1.29, 1.82) is 0 Å². The number of hydrogen-bond donors (Lipinski definition) is 1. The van der Waals surface area contributed by atoms with Gasteiger partial charge in [0.25, 0.3) is 0 Å². The Labute approximate surface area is 126 Å². The SMILES string of the molecule is CCN(Cc1ccc(C(N)=S)cc1)c1cccc(C)c1. The van der Waals surface area contributed by atoms with Gasteiger partial charge < -0.3 is 10.6 Å². The van der Waals surface area contributed by atoms with Gasteiger partial charge in [-0.15, -0.1) is 0 Å². The highest BCUT2D eigenvalue weighted by Gasteiger charge is 2.06. The highest BCUT2D eigenvalue weighted by Crippen LogP contribution is 2.18. The third-order valence-electron chi connectivity index (χ3n) is 3.36. The molecular formula is C17H20N2S. The lowest BCUT2D eigenvalue weighted by Crippen LogP contribution is -2.22. The van der Waals surface area contributed by atoms with E-state index in [2.05, 4.69) is 55.1 Å². The van der Waals surface area contributed by atoms with Gasteiger partial charge in [-0.3, -0.25) is 0 Å². The Morgan fingerprint density at radius 2 is 1.85 bits per heavy atom. The molecule has 0 aromatic heterocycles. The Balaban J connectivity index is 2.16. The first kappa shape index (κ1) is 14.5. The van der Waals surface area contributed by atoms with Crippen molar-refractivity contribution in [3.05, 3.63) is 65.2 Å². The summed E-state index contributed by atoms with van der Waals surface area (Å²) in [7, 11) is 0. The lowest BCUT2D eigenvalue weighted by Gasteiger charge is -2.23. The standard InChI is InChI=1S/C17H20N2S/c1-3-19(16-6-4-5-13(2)11-16)12-14-7-9-15(10-8-14)17(18)20/h4-11H,3,12H2,1-2H3,(H2,18,20). The molecule has 0 amide bonds. The van der Waals surface area contributed by atoms with Crippen LogP contribution in [0, 0.1) is 6.92 Å². The van der Waals surface area contributed by atoms with E-state index in [9.17, 15) is 0 Å². The molecule has 2 aromatic carbocycles. The monoisotopic (exact) mass is 284 g/mol. The summed E-state index contributed by atoms with van der Waals surface area (Å²) >= 11 is 4.97. The molecule has 2 N–H and O–H groups in total. The molecule has 0 bridgehead atoms. The minimum Gasteiger partial charge on any atom is -0.389 e. The topological polar surface area (TPSA) is 29.3 Å². The second-order valence-corrected chi connectivity index (χ2v) is 5.35. The summed E-state index contributed by atoms with van der Waals surface area (Å²) in [4.78, 5) is 2.80. The number of anilines is 1. The second-order valence-electron chi connectivity index (χ2n) is 4.91. The molecule has 3 heteroatoms. The maximum Gasteiger partial charge on any atom is 0.103 e. The molecule has 2 rings (SSSR count). The van der Waals surface area contributed by atoms with Gasteiger partial charge in [-0.05, 0) is 37.1 Å². The lowest BCUT2D eigenvalue weighted by molar-refractivity contribution is 0.831. The molecule has 0 aliphatic carbocycles. The Kier molecular flexibility index (Phi) is 4.74. The number of nitrogens with two attached hydrogens (primary N) is 1. The van der Waals surface area contributed by atoms with Crippen LogP contribution in [0.2, 0.25) is 0 Å². The van der Waals surface area contributed by atoms with Crippen LogP contribution in [-0.2, 0) is 6.54 Å². The van der Waals surface area contributed by atoms with Crippen LogP contribution in [0.1, 0.15) is 23.6 Å². The van der Waals surface area contributed by atoms with E-state index < -0.39 is 0 Å². The van der Waals surface area contributed by atoms with Crippen molar-refractivity contribution in [3.8, 4) is 0 Å². The molecule has 0 atom stereocenters. The zero-order chi connectivity index (χ0) is 14.5. The molecular weight excluding hydrogens is 264 g/mol. The molecule has 0 heterocycles. The molecule has 0 fully saturated rings. The van der Waals surface area contributed by atoms with Gasteiger partial charge in [0.05, 0.1) is 0 Å². The van der Waals surface area contributed by atoms with Gasteiger partial charge in [0.15, 0.2) is 0 Å². The van der Waals surface area contributed by atoms with E-state index in [1.807, 2.05) is 12.1 Å². The van der Waals surface area contributed by atoms with Gasteiger partial charge in [0.2, 0.25) is 0 Å². The minimum atomic E-state index is 0.447. The van der Waals surface area contributed by atoms with Crippen LogP contribution < -0.4 is 10.6 Å². The van der Waals surface area contributed by atoms with E-state index in [4.69, 9.17) is 18.0 Å². The fourth-order valence-electron chi connectivity index (χ4n) is 2.21.